The van der Waals surface area contributed by atoms with Gasteiger partial charge in [-0.15, -0.1) is 0 Å². The molecule has 0 spiro atoms. The van der Waals surface area contributed by atoms with E-state index < -0.39 is 0 Å². The summed E-state index contributed by atoms with van der Waals surface area (Å²) in [6.45, 7) is 0.570. The fourth-order valence-electron chi connectivity index (χ4n) is 1.23. The Hall–Kier alpha value is -1.48. The van der Waals surface area contributed by atoms with E-state index >= 15 is 0 Å². The number of hydrogen-bond donors (Lipinski definition) is 1. The quantitative estimate of drug-likeness (QED) is 0.823. The molecule has 0 bridgehead atoms. The molecule has 1 aromatic carbocycles. The molecule has 72 valence electrons. The Balaban J connectivity index is 2.23. The van der Waals surface area contributed by atoms with Crippen LogP contribution in [-0.4, -0.2) is 14.9 Å². The van der Waals surface area contributed by atoms with Crippen molar-refractivity contribution in [3.63, 3.8) is 0 Å². The van der Waals surface area contributed by atoms with E-state index in [4.69, 9.17) is 11.6 Å². The zero-order valence-corrected chi connectivity index (χ0v) is 8.15. The minimum absolute atomic E-state index is 0.0163. The van der Waals surface area contributed by atoms with E-state index in [1.807, 2.05) is 30.3 Å². The molecule has 0 amide bonds. The topological polar surface area (TPSA) is 38.1 Å². The molecule has 0 aliphatic rings. The molecule has 3 nitrogen and oxygen atoms in total. The van der Waals surface area contributed by atoms with Gasteiger partial charge < -0.3 is 5.11 Å². The van der Waals surface area contributed by atoms with E-state index in [0.29, 0.717) is 6.54 Å². The summed E-state index contributed by atoms with van der Waals surface area (Å²) in [5.74, 6) is 0.0163. The largest absolute Gasteiger partial charge is 0.504 e. The molecule has 0 unspecified atom stereocenters. The van der Waals surface area contributed by atoms with E-state index in [1.165, 1.54) is 6.20 Å². The van der Waals surface area contributed by atoms with Crippen LogP contribution < -0.4 is 0 Å². The summed E-state index contributed by atoms with van der Waals surface area (Å²) in [5, 5.41) is 13.4. The highest BCUT2D eigenvalue weighted by Gasteiger charge is 2.06. The van der Waals surface area contributed by atoms with E-state index in [-0.39, 0.29) is 10.9 Å². The highest BCUT2D eigenvalue weighted by molar-refractivity contribution is 6.30. The predicted molar refractivity (Wildman–Crippen MR) is 54.4 cm³/mol. The van der Waals surface area contributed by atoms with Crippen molar-refractivity contribution >= 4 is 11.6 Å². The first-order valence-corrected chi connectivity index (χ1v) is 4.59. The first-order valence-electron chi connectivity index (χ1n) is 4.21. The maximum absolute atomic E-state index is 9.20. The highest BCUT2D eigenvalue weighted by atomic mass is 35.5. The number of rotatable bonds is 2. The Kier molecular flexibility index (Phi) is 2.41. The van der Waals surface area contributed by atoms with Gasteiger partial charge in [0.15, 0.2) is 10.9 Å². The van der Waals surface area contributed by atoms with Gasteiger partial charge in [-0.25, -0.2) is 4.68 Å². The molecule has 1 heterocycles. The lowest BCUT2D eigenvalue weighted by atomic mass is 10.2. The minimum Gasteiger partial charge on any atom is -0.504 e. The summed E-state index contributed by atoms with van der Waals surface area (Å²) in [7, 11) is 0. The van der Waals surface area contributed by atoms with Crippen LogP contribution in [-0.2, 0) is 6.54 Å². The predicted octanol–water partition coefficient (Wildman–Crippen LogP) is 2.29. The summed E-state index contributed by atoms with van der Waals surface area (Å²) in [6, 6.07) is 9.81. The number of hydrogen-bond acceptors (Lipinski definition) is 2. The van der Waals surface area contributed by atoms with Crippen molar-refractivity contribution in [2.24, 2.45) is 0 Å². The van der Waals surface area contributed by atoms with Gasteiger partial charge in [-0.1, -0.05) is 41.9 Å². The normalized spacial score (nSPS) is 10.4. The second-order valence-corrected chi connectivity index (χ2v) is 3.32. The Bertz CT molecular complexity index is 425. The molecular weight excluding hydrogens is 200 g/mol. The number of aromatic nitrogens is 2. The Morgan fingerprint density at radius 1 is 1.29 bits per heavy atom. The minimum atomic E-state index is 0.0163. The molecule has 0 fully saturated rings. The second kappa shape index (κ2) is 3.72. The van der Waals surface area contributed by atoms with Crippen LogP contribution in [0, 0.1) is 0 Å². The van der Waals surface area contributed by atoms with Crippen LogP contribution in [0.3, 0.4) is 0 Å². The van der Waals surface area contributed by atoms with Crippen molar-refractivity contribution in [1.29, 1.82) is 0 Å². The SMILES string of the molecule is Oc1cnn(Cc2ccccc2)c1Cl. The molecule has 0 saturated carbocycles. The maximum atomic E-state index is 9.20. The monoisotopic (exact) mass is 208 g/mol. The van der Waals surface area contributed by atoms with E-state index in [1.54, 1.807) is 4.68 Å². The standard InChI is InChI=1S/C10H9ClN2O/c11-10-9(14)6-12-13(10)7-8-4-2-1-3-5-8/h1-6,14H,7H2. The van der Waals surface area contributed by atoms with E-state index in [2.05, 4.69) is 5.10 Å². The molecule has 0 atom stereocenters. The highest BCUT2D eigenvalue weighted by Crippen LogP contribution is 2.22. The molecule has 0 aliphatic carbocycles. The zero-order valence-electron chi connectivity index (χ0n) is 7.39. The molecule has 14 heavy (non-hydrogen) atoms. The van der Waals surface area contributed by atoms with E-state index in [9.17, 15) is 5.11 Å². The summed E-state index contributed by atoms with van der Waals surface area (Å²) in [6.07, 6.45) is 1.34. The summed E-state index contributed by atoms with van der Waals surface area (Å²) in [5.41, 5.74) is 1.09. The van der Waals surface area contributed by atoms with Crippen LogP contribution in [0.1, 0.15) is 5.56 Å². The van der Waals surface area contributed by atoms with Crippen molar-refractivity contribution < 1.29 is 5.11 Å². The lowest BCUT2D eigenvalue weighted by Gasteiger charge is -2.02. The van der Waals surface area contributed by atoms with Crippen LogP contribution in [0.2, 0.25) is 5.15 Å². The van der Waals surface area contributed by atoms with Crippen LogP contribution >= 0.6 is 11.6 Å². The summed E-state index contributed by atoms with van der Waals surface area (Å²) >= 11 is 5.81. The molecule has 0 radical (unpaired) electrons. The lowest BCUT2D eigenvalue weighted by molar-refractivity contribution is 0.474. The van der Waals surface area contributed by atoms with Gasteiger partial charge in [0.2, 0.25) is 0 Å². The Morgan fingerprint density at radius 2 is 2.00 bits per heavy atom. The van der Waals surface area contributed by atoms with Gasteiger partial charge in [0.25, 0.3) is 0 Å². The third-order valence-corrected chi connectivity index (χ3v) is 2.32. The first-order chi connectivity index (χ1) is 6.77. The number of halogens is 1. The van der Waals surface area contributed by atoms with Crippen LogP contribution in [0.4, 0.5) is 0 Å². The fourth-order valence-corrected chi connectivity index (χ4v) is 1.38. The second-order valence-electron chi connectivity index (χ2n) is 2.96. The van der Waals surface area contributed by atoms with Gasteiger partial charge >= 0.3 is 0 Å². The molecule has 2 rings (SSSR count). The summed E-state index contributed by atoms with van der Waals surface area (Å²) in [4.78, 5) is 0. The fraction of sp³-hybridized carbons (Fsp3) is 0.100. The van der Waals surface area contributed by atoms with Crippen LogP contribution in [0.15, 0.2) is 36.5 Å². The van der Waals surface area contributed by atoms with E-state index in [0.717, 1.165) is 5.56 Å². The zero-order chi connectivity index (χ0) is 9.97. The van der Waals surface area contributed by atoms with Gasteiger partial charge in [0.1, 0.15) is 0 Å². The number of aromatic hydroxyl groups is 1. The van der Waals surface area contributed by atoms with Crippen molar-refractivity contribution in [3.8, 4) is 5.75 Å². The molecule has 2 aromatic rings. The third-order valence-electron chi connectivity index (χ3n) is 1.93. The first kappa shape index (κ1) is 9.09. The smallest absolute Gasteiger partial charge is 0.173 e. The molecule has 0 saturated heterocycles. The van der Waals surface area contributed by atoms with Crippen molar-refractivity contribution in [2.45, 2.75) is 6.54 Å². The molecular formula is C10H9ClN2O. The van der Waals surface area contributed by atoms with Crippen molar-refractivity contribution in [3.05, 3.63) is 47.2 Å². The summed E-state index contributed by atoms with van der Waals surface area (Å²) < 4.78 is 1.55. The van der Waals surface area contributed by atoms with Gasteiger partial charge in [-0.3, -0.25) is 0 Å². The van der Waals surface area contributed by atoms with Crippen molar-refractivity contribution in [2.75, 3.05) is 0 Å². The Labute approximate surface area is 86.6 Å². The average molecular weight is 209 g/mol. The molecule has 4 heteroatoms. The van der Waals surface area contributed by atoms with Gasteiger partial charge in [-0.2, -0.15) is 5.10 Å². The van der Waals surface area contributed by atoms with Crippen LogP contribution in [0.5, 0.6) is 5.75 Å². The van der Waals surface area contributed by atoms with Crippen molar-refractivity contribution in [1.82, 2.24) is 9.78 Å². The van der Waals surface area contributed by atoms with Gasteiger partial charge in [0, 0.05) is 0 Å². The molecule has 1 N–H and O–H groups in total. The molecule has 1 aromatic heterocycles. The average Bonchev–Trinajstić information content (AvgIpc) is 2.52. The number of nitrogens with zero attached hydrogens (tertiary/aromatic N) is 2. The third kappa shape index (κ3) is 1.72. The van der Waals surface area contributed by atoms with Gasteiger partial charge in [-0.05, 0) is 5.56 Å². The van der Waals surface area contributed by atoms with Crippen LogP contribution in [0.25, 0.3) is 0 Å². The number of benzene rings is 1. The lowest BCUT2D eigenvalue weighted by Crippen LogP contribution is -2.00. The molecule has 0 aliphatic heterocycles. The van der Waals surface area contributed by atoms with Gasteiger partial charge in [0.05, 0.1) is 12.7 Å². The Morgan fingerprint density at radius 3 is 2.57 bits per heavy atom. The maximum Gasteiger partial charge on any atom is 0.173 e.